The molecule has 0 aliphatic rings. The van der Waals surface area contributed by atoms with Crippen molar-refractivity contribution in [2.45, 2.75) is 6.54 Å². The first kappa shape index (κ1) is 15.9. The zero-order valence-corrected chi connectivity index (χ0v) is 14.3. The van der Waals surface area contributed by atoms with E-state index < -0.39 is 0 Å². The lowest BCUT2D eigenvalue weighted by molar-refractivity contribution is 0.102. The van der Waals surface area contributed by atoms with E-state index in [1.807, 2.05) is 0 Å². The molecule has 1 aromatic carbocycles. The molecule has 0 saturated carbocycles. The van der Waals surface area contributed by atoms with E-state index in [-0.39, 0.29) is 11.6 Å². The molecule has 3 N–H and O–H groups in total. The average molecular weight is 419 g/mol. The number of ether oxygens (including phenoxy) is 1. The third-order valence-electron chi connectivity index (χ3n) is 2.62. The van der Waals surface area contributed by atoms with Gasteiger partial charge in [0, 0.05) is 17.1 Å². The van der Waals surface area contributed by atoms with Gasteiger partial charge in [-0.3, -0.25) is 9.48 Å². The molecule has 21 heavy (non-hydrogen) atoms. The number of aromatic nitrogens is 3. The lowest BCUT2D eigenvalue weighted by Gasteiger charge is -2.10. The summed E-state index contributed by atoms with van der Waals surface area (Å²) >= 11 is 6.75. The van der Waals surface area contributed by atoms with Crippen LogP contribution in [-0.4, -0.2) is 34.6 Å². The van der Waals surface area contributed by atoms with Crippen LogP contribution in [0.25, 0.3) is 0 Å². The summed E-state index contributed by atoms with van der Waals surface area (Å²) in [5.41, 5.74) is 6.22. The van der Waals surface area contributed by atoms with Crippen molar-refractivity contribution in [3.05, 3.63) is 33.0 Å². The van der Waals surface area contributed by atoms with Crippen LogP contribution < -0.4 is 15.8 Å². The summed E-state index contributed by atoms with van der Waals surface area (Å²) in [4.78, 5) is 12.1. The number of methoxy groups -OCH3 is 1. The summed E-state index contributed by atoms with van der Waals surface area (Å²) in [7, 11) is 1.55. The highest BCUT2D eigenvalue weighted by Crippen LogP contribution is 2.34. The first-order valence-corrected chi connectivity index (χ1v) is 7.58. The van der Waals surface area contributed by atoms with E-state index >= 15 is 0 Å². The van der Waals surface area contributed by atoms with Gasteiger partial charge in [-0.05, 0) is 37.9 Å². The largest absolute Gasteiger partial charge is 0.495 e. The number of nitrogens with two attached hydrogens (primary N) is 1. The number of anilines is 1. The number of benzene rings is 1. The Morgan fingerprint density at radius 2 is 2.19 bits per heavy atom. The van der Waals surface area contributed by atoms with E-state index in [9.17, 15) is 4.79 Å². The van der Waals surface area contributed by atoms with E-state index in [4.69, 9.17) is 10.5 Å². The normalized spacial score (nSPS) is 10.5. The minimum absolute atomic E-state index is 0.220. The number of nitrogens with one attached hydrogen (secondary N) is 1. The van der Waals surface area contributed by atoms with Crippen LogP contribution >= 0.6 is 31.9 Å². The number of carbonyl (C=O) groups excluding carboxylic acids is 1. The number of rotatable bonds is 5. The third kappa shape index (κ3) is 3.80. The van der Waals surface area contributed by atoms with Gasteiger partial charge in [0.15, 0.2) is 5.69 Å². The topological polar surface area (TPSA) is 95.1 Å². The molecule has 0 aliphatic heterocycles. The Hall–Kier alpha value is -1.45. The highest BCUT2D eigenvalue weighted by atomic mass is 79.9. The van der Waals surface area contributed by atoms with Gasteiger partial charge in [0.2, 0.25) is 0 Å². The quantitative estimate of drug-likeness (QED) is 0.774. The average Bonchev–Trinajstić information content (AvgIpc) is 2.91. The second kappa shape index (κ2) is 7.01. The molecule has 9 heteroatoms. The molecule has 1 aromatic heterocycles. The Labute approximate surface area is 138 Å². The van der Waals surface area contributed by atoms with Crippen molar-refractivity contribution in [1.82, 2.24) is 15.0 Å². The Kier molecular flexibility index (Phi) is 5.32. The van der Waals surface area contributed by atoms with Gasteiger partial charge in [0.25, 0.3) is 5.91 Å². The van der Waals surface area contributed by atoms with Gasteiger partial charge < -0.3 is 15.8 Å². The van der Waals surface area contributed by atoms with Crippen LogP contribution in [-0.2, 0) is 6.54 Å². The molecule has 0 atom stereocenters. The fraction of sp³-hybridized carbons (Fsp3) is 0.250. The van der Waals surface area contributed by atoms with E-state index in [1.165, 1.54) is 4.68 Å². The van der Waals surface area contributed by atoms with Crippen molar-refractivity contribution in [2.24, 2.45) is 5.73 Å². The summed E-state index contributed by atoms with van der Waals surface area (Å²) in [6.07, 6.45) is 1.55. The number of hydrogen-bond acceptors (Lipinski definition) is 5. The first-order chi connectivity index (χ1) is 10.0. The van der Waals surface area contributed by atoms with Gasteiger partial charge in [-0.2, -0.15) is 0 Å². The van der Waals surface area contributed by atoms with E-state index in [2.05, 4.69) is 47.5 Å². The van der Waals surface area contributed by atoms with E-state index in [0.29, 0.717) is 24.5 Å². The van der Waals surface area contributed by atoms with Crippen molar-refractivity contribution in [1.29, 1.82) is 0 Å². The zero-order valence-electron chi connectivity index (χ0n) is 11.1. The molecule has 0 aliphatic carbocycles. The van der Waals surface area contributed by atoms with Crippen LogP contribution in [0.5, 0.6) is 5.75 Å². The number of hydrogen-bond donors (Lipinski definition) is 2. The van der Waals surface area contributed by atoms with Crippen molar-refractivity contribution in [2.75, 3.05) is 19.0 Å². The summed E-state index contributed by atoms with van der Waals surface area (Å²) in [6.45, 7) is 0.940. The molecule has 0 radical (unpaired) electrons. The van der Waals surface area contributed by atoms with Gasteiger partial charge in [-0.25, -0.2) is 0 Å². The standard InChI is InChI=1S/C12H13Br2N5O2/c1-21-11-5-9(7(13)4-8(11)14)16-12(20)10-6-19(3-2-15)18-17-10/h4-6H,2-3,15H2,1H3,(H,16,20). The number of nitrogens with zero attached hydrogens (tertiary/aromatic N) is 3. The molecule has 2 rings (SSSR count). The Morgan fingerprint density at radius 3 is 2.86 bits per heavy atom. The van der Waals surface area contributed by atoms with Gasteiger partial charge in [-0.15, -0.1) is 5.10 Å². The first-order valence-electron chi connectivity index (χ1n) is 5.99. The maximum absolute atomic E-state index is 12.1. The SMILES string of the molecule is COc1cc(NC(=O)c2cn(CCN)nn2)c(Br)cc1Br. The Bertz CT molecular complexity index is 659. The summed E-state index contributed by atoms with van der Waals surface area (Å²) < 4.78 is 8.22. The fourth-order valence-corrected chi connectivity index (χ4v) is 2.87. The Balaban J connectivity index is 2.18. The number of halogens is 2. The second-order valence-corrected chi connectivity index (χ2v) is 5.78. The molecule has 112 valence electrons. The smallest absolute Gasteiger partial charge is 0.277 e. The number of carbonyl (C=O) groups is 1. The predicted octanol–water partition coefficient (Wildman–Crippen LogP) is 2.02. The molecule has 7 nitrogen and oxygen atoms in total. The number of amides is 1. The summed E-state index contributed by atoms with van der Waals surface area (Å²) in [6, 6.07) is 3.50. The van der Waals surface area contributed by atoms with Crippen LogP contribution in [0, 0.1) is 0 Å². The molecule has 0 unspecified atom stereocenters. The monoisotopic (exact) mass is 417 g/mol. The zero-order chi connectivity index (χ0) is 15.4. The fourth-order valence-electron chi connectivity index (χ4n) is 1.61. The van der Waals surface area contributed by atoms with Crippen LogP contribution in [0.1, 0.15) is 10.5 Å². The maximum atomic E-state index is 12.1. The molecular formula is C12H13Br2N5O2. The van der Waals surface area contributed by atoms with Gasteiger partial charge in [0.1, 0.15) is 5.75 Å². The van der Waals surface area contributed by atoms with Crippen LogP contribution in [0.2, 0.25) is 0 Å². The molecule has 1 amide bonds. The minimum Gasteiger partial charge on any atom is -0.495 e. The highest BCUT2D eigenvalue weighted by Gasteiger charge is 2.14. The lowest BCUT2D eigenvalue weighted by atomic mass is 10.3. The third-order valence-corrected chi connectivity index (χ3v) is 3.89. The van der Waals surface area contributed by atoms with Gasteiger partial charge >= 0.3 is 0 Å². The molecule has 2 aromatic rings. The van der Waals surface area contributed by atoms with Crippen molar-refractivity contribution in [3.8, 4) is 5.75 Å². The van der Waals surface area contributed by atoms with Crippen LogP contribution in [0.4, 0.5) is 5.69 Å². The van der Waals surface area contributed by atoms with Crippen molar-refractivity contribution in [3.63, 3.8) is 0 Å². The van der Waals surface area contributed by atoms with Crippen molar-refractivity contribution < 1.29 is 9.53 Å². The van der Waals surface area contributed by atoms with Crippen LogP contribution in [0.3, 0.4) is 0 Å². The predicted molar refractivity (Wildman–Crippen MR) is 85.4 cm³/mol. The highest BCUT2D eigenvalue weighted by molar-refractivity contribution is 9.11. The van der Waals surface area contributed by atoms with E-state index in [0.717, 1.165) is 8.95 Å². The minimum atomic E-state index is -0.358. The van der Waals surface area contributed by atoms with Gasteiger partial charge in [0.05, 0.1) is 30.0 Å². The molecule has 1 heterocycles. The van der Waals surface area contributed by atoms with Gasteiger partial charge in [-0.1, -0.05) is 5.21 Å². The molecule has 0 saturated heterocycles. The molecule has 0 bridgehead atoms. The van der Waals surface area contributed by atoms with Crippen LogP contribution in [0.15, 0.2) is 27.3 Å². The van der Waals surface area contributed by atoms with Crippen molar-refractivity contribution >= 4 is 43.5 Å². The summed E-state index contributed by atoms with van der Waals surface area (Å²) in [5.74, 6) is 0.253. The molecule has 0 fully saturated rings. The van der Waals surface area contributed by atoms with E-state index in [1.54, 1.807) is 25.4 Å². The maximum Gasteiger partial charge on any atom is 0.277 e. The molecular weight excluding hydrogens is 406 g/mol. The summed E-state index contributed by atoms with van der Waals surface area (Å²) in [5, 5.41) is 10.4. The second-order valence-electron chi connectivity index (χ2n) is 4.08. The lowest BCUT2D eigenvalue weighted by Crippen LogP contribution is -2.13. The Morgan fingerprint density at radius 1 is 1.43 bits per heavy atom. The molecule has 0 spiro atoms.